The Hall–Kier alpha value is -3.27. The first-order chi connectivity index (χ1) is 18.1. The van der Waals surface area contributed by atoms with Crippen LogP contribution in [-0.2, 0) is 27.5 Å². The number of hydrogen-bond donors (Lipinski definition) is 2. The Morgan fingerprint density at radius 3 is 2.45 bits per heavy atom. The minimum atomic E-state index is -0.772. The van der Waals surface area contributed by atoms with Gasteiger partial charge in [0.2, 0.25) is 17.7 Å². The molecule has 10 heteroatoms. The van der Waals surface area contributed by atoms with E-state index >= 15 is 0 Å². The Bertz CT molecular complexity index is 1170. The summed E-state index contributed by atoms with van der Waals surface area (Å²) in [6.07, 6.45) is 4.29. The number of β-amino-alcohol motifs (C(OH)–C–C–N with tert-alkyl or cyclic N) is 1. The number of nitrogens with zero attached hydrogens (tertiary/aromatic N) is 5. The molecule has 1 aromatic heterocycles. The molecular formula is C28H38N6O4. The molecule has 2 aliphatic heterocycles. The van der Waals surface area contributed by atoms with Gasteiger partial charge in [0.05, 0.1) is 11.8 Å². The van der Waals surface area contributed by atoms with Crippen molar-refractivity contribution in [3.05, 3.63) is 47.3 Å². The number of aliphatic hydroxyl groups excluding tert-OH is 1. The maximum atomic E-state index is 13.8. The predicted octanol–water partition coefficient (Wildman–Crippen LogP) is 2.14. The number of aromatic nitrogens is 3. The summed E-state index contributed by atoms with van der Waals surface area (Å²) in [6.45, 7) is 7.57. The summed E-state index contributed by atoms with van der Waals surface area (Å²) in [5, 5.41) is 21.8. The zero-order chi connectivity index (χ0) is 27.0. The van der Waals surface area contributed by atoms with Crippen molar-refractivity contribution in [2.75, 3.05) is 13.1 Å². The second-order valence-corrected chi connectivity index (χ2v) is 12.0. The molecule has 2 fully saturated rings. The number of rotatable bonds is 8. The lowest BCUT2D eigenvalue weighted by Crippen LogP contribution is -2.50. The first-order valence-electron chi connectivity index (χ1n) is 13.6. The maximum Gasteiger partial charge on any atom is 0.248 e. The molecule has 0 bridgehead atoms. The summed E-state index contributed by atoms with van der Waals surface area (Å²) in [5.41, 5.74) is 2.79. The van der Waals surface area contributed by atoms with Crippen molar-refractivity contribution >= 4 is 17.7 Å². The molecule has 1 aliphatic carbocycles. The van der Waals surface area contributed by atoms with Crippen LogP contribution in [0.4, 0.5) is 0 Å². The van der Waals surface area contributed by atoms with E-state index in [4.69, 9.17) is 0 Å². The first kappa shape index (κ1) is 26.3. The van der Waals surface area contributed by atoms with Gasteiger partial charge in [-0.05, 0) is 35.8 Å². The number of benzene rings is 1. The fourth-order valence-electron chi connectivity index (χ4n) is 5.56. The lowest BCUT2D eigenvalue weighted by Gasteiger charge is -2.34. The Kier molecular flexibility index (Phi) is 7.26. The molecule has 38 heavy (non-hydrogen) atoms. The minimum Gasteiger partial charge on any atom is -0.391 e. The van der Waals surface area contributed by atoms with Gasteiger partial charge in [0.15, 0.2) is 0 Å². The van der Waals surface area contributed by atoms with Crippen LogP contribution in [0.15, 0.2) is 30.5 Å². The molecular weight excluding hydrogens is 484 g/mol. The fraction of sp³-hybridized carbons (Fsp3) is 0.607. The largest absolute Gasteiger partial charge is 0.391 e. The monoisotopic (exact) mass is 522 g/mol. The zero-order valence-electron chi connectivity index (χ0n) is 22.5. The summed E-state index contributed by atoms with van der Waals surface area (Å²) in [4.78, 5) is 42.9. The molecule has 1 saturated heterocycles. The topological polar surface area (TPSA) is 121 Å². The standard InChI is InChI=1S/C28H38N6O4/c1-28(2,3)25(34-17-22(30-31-34)18-10-11-18)27(38)33-16-21(35)13-23(33)26(37)29-12-6-9-24(36)32-14-19-7-4-5-8-20(19)15-32/h4-5,7-8,17-18,21,23,25,35H,6,9-16H2,1-3H3,(H,29,37)/t21?,23?,25-/m1/s1. The third-order valence-electron chi connectivity index (χ3n) is 7.77. The number of carbonyl (C=O) groups is 3. The molecule has 204 valence electrons. The number of likely N-dealkylation sites (tertiary alicyclic amines) is 1. The summed E-state index contributed by atoms with van der Waals surface area (Å²) >= 11 is 0. The maximum absolute atomic E-state index is 13.8. The summed E-state index contributed by atoms with van der Waals surface area (Å²) in [6, 6.07) is 6.65. The predicted molar refractivity (Wildman–Crippen MR) is 140 cm³/mol. The van der Waals surface area contributed by atoms with E-state index in [1.165, 1.54) is 16.0 Å². The van der Waals surface area contributed by atoms with Gasteiger partial charge in [0, 0.05) is 51.1 Å². The third-order valence-corrected chi connectivity index (χ3v) is 7.77. The highest BCUT2D eigenvalue weighted by atomic mass is 16.3. The number of carbonyl (C=O) groups excluding carboxylic acids is 3. The molecule has 10 nitrogen and oxygen atoms in total. The van der Waals surface area contributed by atoms with E-state index in [0.29, 0.717) is 38.4 Å². The van der Waals surface area contributed by atoms with Crippen molar-refractivity contribution in [1.82, 2.24) is 30.1 Å². The summed E-state index contributed by atoms with van der Waals surface area (Å²) in [5.74, 6) is -0.0692. The number of amides is 3. The highest BCUT2D eigenvalue weighted by Crippen LogP contribution is 2.40. The Morgan fingerprint density at radius 2 is 1.82 bits per heavy atom. The van der Waals surface area contributed by atoms with Gasteiger partial charge in [0.1, 0.15) is 12.1 Å². The van der Waals surface area contributed by atoms with Crippen LogP contribution in [0.2, 0.25) is 0 Å². The molecule has 3 heterocycles. The second-order valence-electron chi connectivity index (χ2n) is 12.0. The van der Waals surface area contributed by atoms with Gasteiger partial charge in [-0.25, -0.2) is 4.68 Å². The van der Waals surface area contributed by atoms with E-state index in [2.05, 4.69) is 15.6 Å². The highest BCUT2D eigenvalue weighted by molar-refractivity contribution is 5.90. The van der Waals surface area contributed by atoms with E-state index in [-0.39, 0.29) is 30.7 Å². The van der Waals surface area contributed by atoms with Crippen LogP contribution in [0, 0.1) is 5.41 Å². The molecule has 1 aromatic carbocycles. The van der Waals surface area contributed by atoms with Gasteiger partial charge in [-0.2, -0.15) is 0 Å². The Labute approximate surface area is 223 Å². The SMILES string of the molecule is CC(C)(C)[C@@H](C(=O)N1CC(O)CC1C(=O)NCCCC(=O)N1Cc2ccccc2C1)n1cc(C2CC2)nn1. The average Bonchev–Trinajstić information content (AvgIpc) is 3.26. The summed E-state index contributed by atoms with van der Waals surface area (Å²) < 4.78 is 1.62. The van der Waals surface area contributed by atoms with Crippen LogP contribution >= 0.6 is 0 Å². The van der Waals surface area contributed by atoms with Crippen molar-refractivity contribution < 1.29 is 19.5 Å². The highest BCUT2D eigenvalue weighted by Gasteiger charge is 2.45. The fourth-order valence-corrected chi connectivity index (χ4v) is 5.56. The number of nitrogens with one attached hydrogen (secondary N) is 1. The molecule has 2 N–H and O–H groups in total. The van der Waals surface area contributed by atoms with Crippen LogP contribution in [0.25, 0.3) is 0 Å². The third kappa shape index (κ3) is 5.60. The van der Waals surface area contributed by atoms with E-state index in [9.17, 15) is 19.5 Å². The quantitative estimate of drug-likeness (QED) is 0.513. The van der Waals surface area contributed by atoms with Crippen molar-refractivity contribution in [1.29, 1.82) is 0 Å². The molecule has 0 radical (unpaired) electrons. The smallest absolute Gasteiger partial charge is 0.248 e. The molecule has 3 atom stereocenters. The van der Waals surface area contributed by atoms with E-state index in [1.807, 2.05) is 56.1 Å². The van der Waals surface area contributed by atoms with Gasteiger partial charge in [-0.1, -0.05) is 50.3 Å². The molecule has 0 spiro atoms. The van der Waals surface area contributed by atoms with Crippen LogP contribution in [0.3, 0.4) is 0 Å². The van der Waals surface area contributed by atoms with E-state index < -0.39 is 23.6 Å². The Balaban J connectivity index is 1.16. The van der Waals surface area contributed by atoms with Gasteiger partial charge in [0.25, 0.3) is 0 Å². The van der Waals surface area contributed by atoms with Crippen molar-refractivity contribution in [2.24, 2.45) is 5.41 Å². The molecule has 1 saturated carbocycles. The lowest BCUT2D eigenvalue weighted by molar-refractivity contribution is -0.144. The van der Waals surface area contributed by atoms with E-state index in [1.54, 1.807) is 4.68 Å². The van der Waals surface area contributed by atoms with Crippen LogP contribution in [0.1, 0.15) is 81.7 Å². The average molecular weight is 523 g/mol. The lowest BCUT2D eigenvalue weighted by atomic mass is 9.85. The zero-order valence-corrected chi connectivity index (χ0v) is 22.5. The van der Waals surface area contributed by atoms with Gasteiger partial charge < -0.3 is 20.2 Å². The van der Waals surface area contributed by atoms with Crippen molar-refractivity contribution in [2.45, 2.75) is 90.1 Å². The number of hydrogen-bond acceptors (Lipinski definition) is 6. The van der Waals surface area contributed by atoms with Crippen LogP contribution in [0.5, 0.6) is 0 Å². The van der Waals surface area contributed by atoms with Crippen molar-refractivity contribution in [3.63, 3.8) is 0 Å². The normalized spacial score (nSPS) is 21.9. The van der Waals surface area contributed by atoms with Gasteiger partial charge >= 0.3 is 0 Å². The second kappa shape index (κ2) is 10.5. The minimum absolute atomic E-state index is 0.0648. The molecule has 2 aromatic rings. The van der Waals surface area contributed by atoms with Gasteiger partial charge in [-0.15, -0.1) is 5.10 Å². The van der Waals surface area contributed by atoms with Crippen molar-refractivity contribution in [3.8, 4) is 0 Å². The molecule has 5 rings (SSSR count). The van der Waals surface area contributed by atoms with Gasteiger partial charge in [-0.3, -0.25) is 14.4 Å². The molecule has 3 aliphatic rings. The Morgan fingerprint density at radius 1 is 1.13 bits per heavy atom. The van der Waals surface area contributed by atoms with Crippen LogP contribution < -0.4 is 5.32 Å². The molecule has 2 unspecified atom stereocenters. The first-order valence-corrected chi connectivity index (χ1v) is 13.6. The van der Waals surface area contributed by atoms with E-state index in [0.717, 1.165) is 18.5 Å². The molecule has 3 amide bonds. The van der Waals surface area contributed by atoms with Crippen LogP contribution in [-0.4, -0.2) is 72.9 Å². The number of aliphatic hydroxyl groups is 1. The number of fused-ring (bicyclic) bond motifs is 1. The summed E-state index contributed by atoms with van der Waals surface area (Å²) in [7, 11) is 0.